The molecule has 0 saturated heterocycles. The Morgan fingerprint density at radius 3 is 2.62 bits per heavy atom. The molecule has 0 spiro atoms. The van der Waals surface area contributed by atoms with Gasteiger partial charge in [0.1, 0.15) is 17.3 Å². The number of nitrogens with zero attached hydrogens (tertiary/aromatic N) is 5. The number of rotatable bonds is 5. The maximum absolute atomic E-state index is 12.7. The summed E-state index contributed by atoms with van der Waals surface area (Å²) in [7, 11) is 1.54. The number of nitriles is 1. The Balaban J connectivity index is 1.60. The van der Waals surface area contributed by atoms with Crippen molar-refractivity contribution in [3.05, 3.63) is 83.7 Å². The van der Waals surface area contributed by atoms with Gasteiger partial charge in [-0.3, -0.25) is 14.6 Å². The van der Waals surface area contributed by atoms with Crippen molar-refractivity contribution < 1.29 is 9.59 Å². The van der Waals surface area contributed by atoms with E-state index in [4.69, 9.17) is 0 Å². The molecule has 9 nitrogen and oxygen atoms in total. The Labute approximate surface area is 183 Å². The molecule has 0 aliphatic rings. The van der Waals surface area contributed by atoms with Gasteiger partial charge in [-0.1, -0.05) is 17.3 Å². The SMILES string of the molecule is CNC(=O)c1cccc(NC(=O)c2ccc3c(c2)nnn3/C(C#N)=C/c2ccccn2)c1. The van der Waals surface area contributed by atoms with Crippen LogP contribution in [0.2, 0.25) is 0 Å². The summed E-state index contributed by atoms with van der Waals surface area (Å²) < 4.78 is 1.40. The number of amides is 2. The topological polar surface area (TPSA) is 126 Å². The minimum Gasteiger partial charge on any atom is -0.355 e. The first-order valence-corrected chi connectivity index (χ1v) is 9.61. The molecule has 2 aromatic heterocycles. The second kappa shape index (κ2) is 8.89. The number of carbonyl (C=O) groups is 2. The fourth-order valence-electron chi connectivity index (χ4n) is 3.07. The second-order valence-electron chi connectivity index (χ2n) is 6.71. The molecule has 4 aromatic rings. The van der Waals surface area contributed by atoms with Gasteiger partial charge in [0, 0.05) is 36.1 Å². The van der Waals surface area contributed by atoms with E-state index < -0.39 is 0 Å². The molecule has 2 aromatic carbocycles. The van der Waals surface area contributed by atoms with Crippen molar-refractivity contribution in [1.29, 1.82) is 5.26 Å². The summed E-state index contributed by atoms with van der Waals surface area (Å²) in [5.41, 5.74) is 3.18. The summed E-state index contributed by atoms with van der Waals surface area (Å²) in [5, 5.41) is 23.0. The largest absolute Gasteiger partial charge is 0.355 e. The van der Waals surface area contributed by atoms with E-state index >= 15 is 0 Å². The van der Waals surface area contributed by atoms with Crippen LogP contribution in [0.25, 0.3) is 22.8 Å². The number of hydrogen-bond acceptors (Lipinski definition) is 6. The van der Waals surface area contributed by atoms with Crippen molar-refractivity contribution in [2.45, 2.75) is 0 Å². The van der Waals surface area contributed by atoms with Crippen LogP contribution in [-0.2, 0) is 0 Å². The van der Waals surface area contributed by atoms with Crippen LogP contribution in [-0.4, -0.2) is 38.8 Å². The van der Waals surface area contributed by atoms with Crippen LogP contribution in [0.4, 0.5) is 5.69 Å². The zero-order chi connectivity index (χ0) is 22.5. The molecule has 0 saturated carbocycles. The third-order valence-corrected chi connectivity index (χ3v) is 4.63. The van der Waals surface area contributed by atoms with Gasteiger partial charge in [0.15, 0.2) is 0 Å². The molecule has 9 heteroatoms. The number of carbonyl (C=O) groups excluding carboxylic acids is 2. The summed E-state index contributed by atoms with van der Waals surface area (Å²) in [6, 6.07) is 19.0. The molecule has 2 heterocycles. The molecule has 0 bridgehead atoms. The summed E-state index contributed by atoms with van der Waals surface area (Å²) >= 11 is 0. The van der Waals surface area contributed by atoms with Crippen LogP contribution in [0.5, 0.6) is 0 Å². The lowest BCUT2D eigenvalue weighted by Crippen LogP contribution is -2.18. The van der Waals surface area contributed by atoms with E-state index in [2.05, 4.69) is 32.0 Å². The van der Waals surface area contributed by atoms with Gasteiger partial charge >= 0.3 is 0 Å². The molecule has 0 fully saturated rings. The standard InChI is InChI=1S/C23H17N7O2/c1-25-22(31)15-5-4-7-18(11-15)27-23(32)16-8-9-21-20(12-16)28-29-30(21)19(14-24)13-17-6-2-3-10-26-17/h2-13H,1H3,(H,25,31)(H,27,32)/b19-13+. The number of fused-ring (bicyclic) bond motifs is 1. The fourth-order valence-corrected chi connectivity index (χ4v) is 3.07. The predicted molar refractivity (Wildman–Crippen MR) is 119 cm³/mol. The van der Waals surface area contributed by atoms with Gasteiger partial charge < -0.3 is 10.6 Å². The molecule has 0 aliphatic carbocycles. The predicted octanol–water partition coefficient (Wildman–Crippen LogP) is 2.96. The number of aromatic nitrogens is 4. The monoisotopic (exact) mass is 423 g/mol. The lowest BCUT2D eigenvalue weighted by atomic mass is 10.1. The van der Waals surface area contributed by atoms with Gasteiger partial charge in [-0.05, 0) is 48.5 Å². The zero-order valence-electron chi connectivity index (χ0n) is 17.0. The van der Waals surface area contributed by atoms with E-state index in [1.54, 1.807) is 73.9 Å². The number of nitrogens with one attached hydrogen (secondary N) is 2. The number of pyridine rings is 1. The van der Waals surface area contributed by atoms with Gasteiger partial charge in [-0.25, -0.2) is 4.68 Å². The van der Waals surface area contributed by atoms with E-state index in [-0.39, 0.29) is 17.5 Å². The molecule has 0 radical (unpaired) electrons. The van der Waals surface area contributed by atoms with Crippen LogP contribution >= 0.6 is 0 Å². The van der Waals surface area contributed by atoms with Crippen molar-refractivity contribution in [3.8, 4) is 6.07 Å². The van der Waals surface area contributed by atoms with E-state index in [0.29, 0.717) is 33.5 Å². The maximum Gasteiger partial charge on any atom is 0.255 e. The normalized spacial score (nSPS) is 11.1. The highest BCUT2D eigenvalue weighted by atomic mass is 16.2. The highest BCUT2D eigenvalue weighted by Gasteiger charge is 2.14. The molecule has 2 N–H and O–H groups in total. The maximum atomic E-state index is 12.7. The van der Waals surface area contributed by atoms with Crippen LogP contribution < -0.4 is 10.6 Å². The summed E-state index contributed by atoms with van der Waals surface area (Å²) in [5.74, 6) is -0.605. The fraction of sp³-hybridized carbons (Fsp3) is 0.0435. The highest BCUT2D eigenvalue weighted by Crippen LogP contribution is 2.19. The number of anilines is 1. The Morgan fingerprint density at radius 2 is 1.88 bits per heavy atom. The molecule has 4 rings (SSSR count). The van der Waals surface area contributed by atoms with E-state index in [1.165, 1.54) is 4.68 Å². The Kier molecular flexibility index (Phi) is 5.68. The van der Waals surface area contributed by atoms with Crippen molar-refractivity contribution in [2.75, 3.05) is 12.4 Å². The van der Waals surface area contributed by atoms with Crippen molar-refractivity contribution >= 4 is 40.3 Å². The molecule has 32 heavy (non-hydrogen) atoms. The number of hydrogen-bond donors (Lipinski definition) is 2. The Bertz CT molecular complexity index is 1380. The third-order valence-electron chi connectivity index (χ3n) is 4.63. The first-order chi connectivity index (χ1) is 15.6. The minimum atomic E-state index is -0.361. The molecular formula is C23H17N7O2. The van der Waals surface area contributed by atoms with Crippen LogP contribution in [0, 0.1) is 11.3 Å². The third kappa shape index (κ3) is 4.20. The molecule has 0 unspecified atom stereocenters. The van der Waals surface area contributed by atoms with Gasteiger partial charge in [-0.2, -0.15) is 5.26 Å². The Morgan fingerprint density at radius 1 is 1.03 bits per heavy atom. The van der Waals surface area contributed by atoms with Crippen LogP contribution in [0.15, 0.2) is 66.9 Å². The smallest absolute Gasteiger partial charge is 0.255 e. The average molecular weight is 423 g/mol. The summed E-state index contributed by atoms with van der Waals surface area (Å²) in [4.78, 5) is 28.7. The first-order valence-electron chi connectivity index (χ1n) is 9.61. The molecule has 0 aliphatic heterocycles. The second-order valence-corrected chi connectivity index (χ2v) is 6.71. The van der Waals surface area contributed by atoms with Crippen molar-refractivity contribution in [3.63, 3.8) is 0 Å². The van der Waals surface area contributed by atoms with Gasteiger partial charge in [0.2, 0.25) is 0 Å². The van der Waals surface area contributed by atoms with Crippen LogP contribution in [0.3, 0.4) is 0 Å². The molecule has 156 valence electrons. The summed E-state index contributed by atoms with van der Waals surface area (Å²) in [6.45, 7) is 0. The van der Waals surface area contributed by atoms with Crippen molar-refractivity contribution in [1.82, 2.24) is 25.3 Å². The van der Waals surface area contributed by atoms with Crippen molar-refractivity contribution in [2.24, 2.45) is 0 Å². The average Bonchev–Trinajstić information content (AvgIpc) is 3.26. The van der Waals surface area contributed by atoms with E-state index in [1.807, 2.05) is 6.07 Å². The molecule has 2 amide bonds. The lowest BCUT2D eigenvalue weighted by Gasteiger charge is -2.07. The summed E-state index contributed by atoms with van der Waals surface area (Å²) in [6.07, 6.45) is 3.24. The number of allylic oxidation sites excluding steroid dienone is 1. The number of benzene rings is 2. The lowest BCUT2D eigenvalue weighted by molar-refractivity contribution is 0.0961. The van der Waals surface area contributed by atoms with E-state index in [9.17, 15) is 14.9 Å². The highest BCUT2D eigenvalue weighted by molar-refractivity contribution is 6.06. The first kappa shape index (κ1) is 20.4. The Hall–Kier alpha value is -4.84. The molecular weight excluding hydrogens is 406 g/mol. The minimum absolute atomic E-state index is 0.244. The van der Waals surface area contributed by atoms with Gasteiger partial charge in [-0.15, -0.1) is 5.10 Å². The quantitative estimate of drug-likeness (QED) is 0.475. The van der Waals surface area contributed by atoms with E-state index in [0.717, 1.165) is 0 Å². The molecule has 0 atom stereocenters. The van der Waals surface area contributed by atoms with Gasteiger partial charge in [0.05, 0.1) is 11.2 Å². The van der Waals surface area contributed by atoms with Gasteiger partial charge in [0.25, 0.3) is 11.8 Å². The zero-order valence-corrected chi connectivity index (χ0v) is 17.0. The van der Waals surface area contributed by atoms with Crippen LogP contribution in [0.1, 0.15) is 26.4 Å².